The fourth-order valence-electron chi connectivity index (χ4n) is 2.68. The molecule has 30 heavy (non-hydrogen) atoms. The van der Waals surface area contributed by atoms with Gasteiger partial charge in [-0.2, -0.15) is 0 Å². The smallest absolute Gasteiger partial charge is 0.255 e. The largest absolute Gasteiger partial charge is 0.387 e. The van der Waals surface area contributed by atoms with Crippen molar-refractivity contribution in [2.45, 2.75) is 32.5 Å². The number of nitrogens with one attached hydrogen (secondary N) is 3. The van der Waals surface area contributed by atoms with Gasteiger partial charge >= 0.3 is 0 Å². The lowest BCUT2D eigenvalue weighted by atomic mass is 10.0. The van der Waals surface area contributed by atoms with E-state index in [0.717, 1.165) is 4.70 Å². The van der Waals surface area contributed by atoms with E-state index in [-0.39, 0.29) is 17.8 Å². The first-order valence-corrected chi connectivity index (χ1v) is 10.2. The van der Waals surface area contributed by atoms with E-state index in [2.05, 4.69) is 25.9 Å². The highest BCUT2D eigenvalue weighted by atomic mass is 32.1. The fourth-order valence-corrected chi connectivity index (χ4v) is 3.38. The number of anilines is 3. The third-order valence-electron chi connectivity index (χ3n) is 4.41. The number of aliphatic hydroxyl groups is 1. The Kier molecular flexibility index (Phi) is 6.47. The third kappa shape index (κ3) is 5.00. The van der Waals surface area contributed by atoms with Gasteiger partial charge in [-0.3, -0.25) is 4.79 Å². The highest BCUT2D eigenvalue weighted by molar-refractivity contribution is 7.16. The summed E-state index contributed by atoms with van der Waals surface area (Å²) in [5, 5.41) is 18.1. The van der Waals surface area contributed by atoms with Crippen LogP contribution in [0.25, 0.3) is 10.2 Å². The molecule has 0 spiro atoms. The molecule has 0 aliphatic heterocycles. The summed E-state index contributed by atoms with van der Waals surface area (Å²) in [5.41, 5.74) is 1.57. The molecule has 0 aliphatic rings. The molecule has 1 atom stereocenters. The molecule has 0 saturated heterocycles. The average Bonchev–Trinajstić information content (AvgIpc) is 3.13. The molecule has 3 aromatic rings. The lowest BCUT2D eigenvalue weighted by Crippen LogP contribution is -2.42. The molecule has 1 aromatic carbocycles. The summed E-state index contributed by atoms with van der Waals surface area (Å²) >= 11 is 1.40. The molecule has 1 amide bonds. The number of halogens is 2. The number of rotatable bonds is 8. The number of amides is 1. The summed E-state index contributed by atoms with van der Waals surface area (Å²) in [6.07, 6.45) is -0.293. The molecule has 160 valence electrons. The molecule has 2 heterocycles. The second-order valence-electron chi connectivity index (χ2n) is 7.25. The normalized spacial score (nSPS) is 12.6. The van der Waals surface area contributed by atoms with Crippen LogP contribution < -0.4 is 16.0 Å². The van der Waals surface area contributed by atoms with Crippen LogP contribution in [0.15, 0.2) is 29.9 Å². The van der Waals surface area contributed by atoms with Gasteiger partial charge in [0.2, 0.25) is 0 Å². The van der Waals surface area contributed by atoms with E-state index in [1.807, 2.05) is 6.92 Å². The van der Waals surface area contributed by atoms with Gasteiger partial charge in [-0.15, -0.1) is 11.3 Å². The Hall–Kier alpha value is -2.85. The molecule has 0 bridgehead atoms. The van der Waals surface area contributed by atoms with E-state index in [0.29, 0.717) is 23.6 Å². The number of carbonyl (C=O) groups is 1. The SMILES string of the molecule is CCNc1cc(Nc2cc3scnc3cc2F)ncc1C(=O)NC[C@@H](F)C(C)(C)O. The maximum absolute atomic E-state index is 14.3. The quantitative estimate of drug-likeness (QED) is 0.429. The van der Waals surface area contributed by atoms with Crippen molar-refractivity contribution in [1.29, 1.82) is 0 Å². The van der Waals surface area contributed by atoms with Crippen LogP contribution >= 0.6 is 11.3 Å². The first kappa shape index (κ1) is 21.8. The van der Waals surface area contributed by atoms with Crippen molar-refractivity contribution < 1.29 is 18.7 Å². The zero-order valence-corrected chi connectivity index (χ0v) is 17.6. The van der Waals surface area contributed by atoms with Gasteiger partial charge in [0.25, 0.3) is 5.91 Å². The van der Waals surface area contributed by atoms with Gasteiger partial charge in [0.05, 0.1) is 44.8 Å². The summed E-state index contributed by atoms with van der Waals surface area (Å²) in [5.74, 6) is -0.665. The Labute approximate surface area is 176 Å². The van der Waals surface area contributed by atoms with Crippen LogP contribution in [0.5, 0.6) is 0 Å². The van der Waals surface area contributed by atoms with Gasteiger partial charge in [-0.05, 0) is 26.8 Å². The van der Waals surface area contributed by atoms with Crippen molar-refractivity contribution in [1.82, 2.24) is 15.3 Å². The van der Waals surface area contributed by atoms with Gasteiger partial charge < -0.3 is 21.1 Å². The highest BCUT2D eigenvalue weighted by Gasteiger charge is 2.27. The molecule has 0 radical (unpaired) electrons. The van der Waals surface area contributed by atoms with E-state index >= 15 is 0 Å². The molecule has 0 saturated carbocycles. The van der Waals surface area contributed by atoms with Crippen molar-refractivity contribution in [3.8, 4) is 0 Å². The Bertz CT molecular complexity index is 1050. The van der Waals surface area contributed by atoms with E-state index in [9.17, 15) is 18.7 Å². The fraction of sp³-hybridized carbons (Fsp3) is 0.350. The predicted octanol–water partition coefficient (Wildman–Crippen LogP) is 3.84. The zero-order chi connectivity index (χ0) is 21.9. The van der Waals surface area contributed by atoms with Crippen molar-refractivity contribution in [2.24, 2.45) is 0 Å². The number of nitrogens with zero attached hydrogens (tertiary/aromatic N) is 2. The van der Waals surface area contributed by atoms with Crippen LogP contribution in [0.3, 0.4) is 0 Å². The molecule has 3 rings (SSSR count). The number of benzene rings is 1. The number of pyridine rings is 1. The third-order valence-corrected chi connectivity index (χ3v) is 5.20. The molecular formula is C20H23F2N5O2S. The predicted molar refractivity (Wildman–Crippen MR) is 115 cm³/mol. The van der Waals surface area contributed by atoms with Crippen molar-refractivity contribution in [3.05, 3.63) is 41.3 Å². The Balaban J connectivity index is 1.80. The standard InChI is InChI=1S/C20H23F2N5O2S/c1-4-23-13-7-18(27-14-6-16-15(5-12(14)21)26-10-30-16)24-8-11(13)19(28)25-9-17(22)20(2,3)29/h5-8,10,17,29H,4,9H2,1-3H3,(H,25,28)(H2,23,24,27)/t17-/m1/s1. The average molecular weight is 436 g/mol. The topological polar surface area (TPSA) is 99.2 Å². The lowest BCUT2D eigenvalue weighted by Gasteiger charge is -2.22. The van der Waals surface area contributed by atoms with Gasteiger partial charge in [-0.25, -0.2) is 18.7 Å². The number of fused-ring (bicyclic) bond motifs is 1. The number of thiazole rings is 1. The minimum absolute atomic E-state index is 0.212. The monoisotopic (exact) mass is 435 g/mol. The summed E-state index contributed by atoms with van der Waals surface area (Å²) in [4.78, 5) is 20.8. The van der Waals surface area contributed by atoms with Gasteiger partial charge in [0.15, 0.2) is 0 Å². The summed E-state index contributed by atoms with van der Waals surface area (Å²) in [7, 11) is 0. The number of hydrogen-bond acceptors (Lipinski definition) is 7. The highest BCUT2D eigenvalue weighted by Crippen LogP contribution is 2.28. The van der Waals surface area contributed by atoms with Crippen LogP contribution in [0.1, 0.15) is 31.1 Å². The minimum Gasteiger partial charge on any atom is -0.387 e. The molecule has 0 aliphatic carbocycles. The van der Waals surface area contributed by atoms with E-state index in [4.69, 9.17) is 0 Å². The second kappa shape index (κ2) is 8.88. The number of aromatic nitrogens is 2. The van der Waals surface area contributed by atoms with Gasteiger partial charge in [0.1, 0.15) is 17.8 Å². The van der Waals surface area contributed by atoms with E-state index < -0.39 is 23.5 Å². The zero-order valence-electron chi connectivity index (χ0n) is 16.8. The van der Waals surface area contributed by atoms with Crippen LogP contribution in [0.4, 0.5) is 26.0 Å². The van der Waals surface area contributed by atoms with E-state index in [1.54, 1.807) is 17.6 Å². The molecule has 0 fully saturated rings. The summed E-state index contributed by atoms with van der Waals surface area (Å²) in [6, 6.07) is 4.57. The Morgan fingerprint density at radius 2 is 2.03 bits per heavy atom. The lowest BCUT2D eigenvalue weighted by molar-refractivity contribution is -0.00177. The van der Waals surface area contributed by atoms with Crippen molar-refractivity contribution >= 4 is 44.7 Å². The maximum Gasteiger partial charge on any atom is 0.255 e. The van der Waals surface area contributed by atoms with Gasteiger partial charge in [-0.1, -0.05) is 0 Å². The Morgan fingerprint density at radius 3 is 2.73 bits per heavy atom. The minimum atomic E-state index is -1.62. The van der Waals surface area contributed by atoms with Crippen LogP contribution in [-0.4, -0.2) is 45.8 Å². The molecule has 0 unspecified atom stereocenters. The first-order valence-electron chi connectivity index (χ1n) is 9.37. The molecule has 2 aromatic heterocycles. The van der Waals surface area contributed by atoms with Crippen molar-refractivity contribution in [2.75, 3.05) is 23.7 Å². The van der Waals surface area contributed by atoms with E-state index in [1.165, 1.54) is 37.4 Å². The number of alkyl halides is 1. The van der Waals surface area contributed by atoms with Crippen LogP contribution in [0, 0.1) is 5.82 Å². The van der Waals surface area contributed by atoms with Crippen LogP contribution in [-0.2, 0) is 0 Å². The summed E-state index contributed by atoms with van der Waals surface area (Å²) < 4.78 is 29.1. The second-order valence-corrected chi connectivity index (χ2v) is 8.14. The molecule has 10 heteroatoms. The molecular weight excluding hydrogens is 412 g/mol. The van der Waals surface area contributed by atoms with Crippen LogP contribution in [0.2, 0.25) is 0 Å². The number of hydrogen-bond donors (Lipinski definition) is 4. The summed E-state index contributed by atoms with van der Waals surface area (Å²) in [6.45, 7) is 4.71. The van der Waals surface area contributed by atoms with Crippen molar-refractivity contribution in [3.63, 3.8) is 0 Å². The maximum atomic E-state index is 14.3. The molecule has 7 nitrogen and oxygen atoms in total. The first-order chi connectivity index (χ1) is 14.2. The Morgan fingerprint density at radius 1 is 1.27 bits per heavy atom. The number of carbonyl (C=O) groups excluding carboxylic acids is 1. The molecule has 4 N–H and O–H groups in total. The van der Waals surface area contributed by atoms with Gasteiger partial charge in [0, 0.05) is 24.9 Å².